The van der Waals surface area contributed by atoms with Crippen LogP contribution in [0.1, 0.15) is 29.6 Å². The third-order valence-corrected chi connectivity index (χ3v) is 5.56. The molecule has 0 saturated carbocycles. The van der Waals surface area contributed by atoms with Gasteiger partial charge in [0.15, 0.2) is 11.6 Å². The molecule has 2 bridgehead atoms. The summed E-state index contributed by atoms with van der Waals surface area (Å²) in [4.78, 5) is 17.9. The first kappa shape index (κ1) is 18.0. The number of aromatic nitrogens is 1. The lowest BCUT2D eigenvalue weighted by molar-refractivity contribution is -0.0304. The third kappa shape index (κ3) is 3.20. The monoisotopic (exact) mass is 368 g/mol. The number of hydrogen-bond acceptors (Lipinski definition) is 4. The van der Waals surface area contributed by atoms with Gasteiger partial charge in [0.05, 0.1) is 19.3 Å². The van der Waals surface area contributed by atoms with E-state index in [-0.39, 0.29) is 29.5 Å². The number of benzene rings is 1. The van der Waals surface area contributed by atoms with Gasteiger partial charge in [-0.15, -0.1) is 12.4 Å². The van der Waals surface area contributed by atoms with Crippen LogP contribution in [0.25, 0.3) is 10.9 Å². The van der Waals surface area contributed by atoms with E-state index in [0.717, 1.165) is 38.9 Å². The molecule has 25 heavy (non-hydrogen) atoms. The van der Waals surface area contributed by atoms with Crippen LogP contribution < -0.4 is 4.74 Å². The lowest BCUT2D eigenvalue weighted by Crippen LogP contribution is -2.50. The Kier molecular flexibility index (Phi) is 4.93. The second-order valence-electron chi connectivity index (χ2n) is 6.90. The molecule has 3 aliphatic rings. The van der Waals surface area contributed by atoms with Gasteiger partial charge in [-0.1, -0.05) is 0 Å². The molecule has 0 unspecified atom stereocenters. The molecule has 0 aliphatic carbocycles. The maximum Gasteiger partial charge on any atom is 0.340 e. The van der Waals surface area contributed by atoms with Gasteiger partial charge in [-0.05, 0) is 45.0 Å². The number of aromatic amines is 1. The summed E-state index contributed by atoms with van der Waals surface area (Å²) in [5, 5.41) is 0.620. The number of ether oxygens (including phenoxy) is 2. The van der Waals surface area contributed by atoms with Crippen molar-refractivity contribution in [1.29, 1.82) is 0 Å². The number of carbonyl (C=O) groups is 1. The lowest BCUT2D eigenvalue weighted by Gasteiger charge is -2.47. The van der Waals surface area contributed by atoms with E-state index in [1.54, 1.807) is 6.20 Å². The summed E-state index contributed by atoms with van der Waals surface area (Å²) in [6, 6.07) is 2.87. The van der Waals surface area contributed by atoms with Crippen LogP contribution >= 0.6 is 12.4 Å². The Labute approximate surface area is 151 Å². The van der Waals surface area contributed by atoms with Crippen molar-refractivity contribution in [1.82, 2.24) is 9.88 Å². The number of H-pyrrole nitrogens is 1. The van der Waals surface area contributed by atoms with E-state index in [4.69, 9.17) is 9.47 Å². The van der Waals surface area contributed by atoms with E-state index in [1.165, 1.54) is 19.2 Å². The van der Waals surface area contributed by atoms with Crippen LogP contribution in [0.15, 0.2) is 18.3 Å². The summed E-state index contributed by atoms with van der Waals surface area (Å²) in [6.07, 6.45) is 4.85. The van der Waals surface area contributed by atoms with Gasteiger partial charge in [0.1, 0.15) is 0 Å². The smallest absolute Gasteiger partial charge is 0.340 e. The van der Waals surface area contributed by atoms with Gasteiger partial charge < -0.3 is 19.4 Å². The van der Waals surface area contributed by atoms with Crippen molar-refractivity contribution in [3.63, 3.8) is 0 Å². The fraction of sp³-hybridized carbons (Fsp3) is 0.500. The molecule has 0 spiro atoms. The highest BCUT2D eigenvalue weighted by atomic mass is 35.5. The highest BCUT2D eigenvalue weighted by Crippen LogP contribution is 2.40. The molecule has 1 aromatic carbocycles. The molecule has 2 aromatic rings. The Morgan fingerprint density at radius 1 is 1.28 bits per heavy atom. The molecule has 3 fully saturated rings. The molecule has 0 atom stereocenters. The Balaban J connectivity index is 0.00000182. The average Bonchev–Trinajstić information content (AvgIpc) is 3.03. The minimum atomic E-state index is -0.459. The van der Waals surface area contributed by atoms with Crippen molar-refractivity contribution < 1.29 is 18.7 Å². The molecule has 136 valence electrons. The van der Waals surface area contributed by atoms with Crippen LogP contribution in [0.2, 0.25) is 0 Å². The van der Waals surface area contributed by atoms with E-state index >= 15 is 0 Å². The largest absolute Gasteiger partial charge is 0.494 e. The predicted octanol–water partition coefficient (Wildman–Crippen LogP) is 3.38. The average molecular weight is 369 g/mol. The van der Waals surface area contributed by atoms with Gasteiger partial charge in [-0.2, -0.15) is 0 Å². The number of esters is 1. The maximum atomic E-state index is 13.8. The molecule has 4 heterocycles. The normalized spacial score (nSPS) is 24.8. The summed E-state index contributed by atoms with van der Waals surface area (Å²) >= 11 is 0. The number of hydrogen-bond donors (Lipinski definition) is 1. The predicted molar refractivity (Wildman–Crippen MR) is 95.1 cm³/mol. The molecule has 5 nitrogen and oxygen atoms in total. The zero-order valence-electron chi connectivity index (χ0n) is 14.1. The molecule has 3 saturated heterocycles. The number of nitrogens with one attached hydrogen (secondary N) is 1. The molecule has 3 aliphatic heterocycles. The minimum Gasteiger partial charge on any atom is -0.494 e. The van der Waals surface area contributed by atoms with E-state index in [1.807, 2.05) is 0 Å². The highest BCUT2D eigenvalue weighted by Gasteiger charge is 2.40. The van der Waals surface area contributed by atoms with Crippen molar-refractivity contribution in [3.05, 3.63) is 29.7 Å². The Hall–Kier alpha value is -1.79. The minimum absolute atomic E-state index is 0. The summed E-state index contributed by atoms with van der Waals surface area (Å²) in [5.74, 6) is -0.702. The van der Waals surface area contributed by atoms with Crippen LogP contribution in [0.3, 0.4) is 0 Å². The van der Waals surface area contributed by atoms with E-state index in [2.05, 4.69) is 9.88 Å². The van der Waals surface area contributed by atoms with E-state index in [0.29, 0.717) is 23.1 Å². The molecule has 1 N–H and O–H groups in total. The molecular weight excluding hydrogens is 347 g/mol. The van der Waals surface area contributed by atoms with Gasteiger partial charge in [-0.3, -0.25) is 0 Å². The number of rotatable bonds is 4. The molecule has 1 aromatic heterocycles. The Morgan fingerprint density at radius 2 is 1.96 bits per heavy atom. The second kappa shape index (κ2) is 6.84. The molecule has 0 amide bonds. The quantitative estimate of drug-likeness (QED) is 0.840. The zero-order valence-corrected chi connectivity index (χ0v) is 15.0. The Morgan fingerprint density at radius 3 is 2.60 bits per heavy atom. The molecule has 5 rings (SSSR count). The second-order valence-corrected chi connectivity index (χ2v) is 6.90. The van der Waals surface area contributed by atoms with E-state index in [9.17, 15) is 9.18 Å². The van der Waals surface area contributed by atoms with Crippen LogP contribution in [0, 0.1) is 11.2 Å². The lowest BCUT2D eigenvalue weighted by atomic mass is 9.73. The van der Waals surface area contributed by atoms with Gasteiger partial charge in [0.25, 0.3) is 0 Å². The summed E-state index contributed by atoms with van der Waals surface area (Å²) < 4.78 is 24.4. The summed E-state index contributed by atoms with van der Waals surface area (Å²) in [6.45, 7) is 3.76. The summed E-state index contributed by atoms with van der Waals surface area (Å²) in [5.41, 5.74) is 1.12. The first-order chi connectivity index (χ1) is 11.6. The first-order valence-electron chi connectivity index (χ1n) is 8.34. The van der Waals surface area contributed by atoms with Gasteiger partial charge in [0, 0.05) is 28.6 Å². The molecular formula is C18H22ClFN2O3. The third-order valence-electron chi connectivity index (χ3n) is 5.56. The fourth-order valence-corrected chi connectivity index (χ4v) is 3.86. The van der Waals surface area contributed by atoms with Gasteiger partial charge >= 0.3 is 5.97 Å². The standard InChI is InChI=1S/C18H21FN2O3.ClH/c1-23-16-8-12-13(10-20-15(12)9-14(16)19)17(22)24-11-18-2-5-21(6-3-18)7-4-18;/h8-10,20H,2-7,11H2,1H3;1H. The van der Waals surface area contributed by atoms with Crippen molar-refractivity contribution >= 4 is 29.3 Å². The number of fused-ring (bicyclic) bond motifs is 4. The topological polar surface area (TPSA) is 54.6 Å². The Bertz CT molecular complexity index is 770. The highest BCUT2D eigenvalue weighted by molar-refractivity contribution is 6.04. The van der Waals surface area contributed by atoms with E-state index < -0.39 is 5.82 Å². The zero-order chi connectivity index (χ0) is 16.7. The summed E-state index contributed by atoms with van der Waals surface area (Å²) in [7, 11) is 1.41. The van der Waals surface area contributed by atoms with Crippen LogP contribution in [-0.2, 0) is 4.74 Å². The number of methoxy groups -OCH3 is 1. The SMILES string of the molecule is COc1cc2c(C(=O)OCC34CCN(CC3)CC4)c[nH]c2cc1F.Cl. The van der Waals surface area contributed by atoms with Crippen LogP contribution in [-0.4, -0.2) is 49.2 Å². The van der Waals surface area contributed by atoms with Crippen molar-refractivity contribution in [3.8, 4) is 5.75 Å². The molecule has 0 radical (unpaired) electrons. The van der Waals surface area contributed by atoms with Crippen LogP contribution in [0.4, 0.5) is 4.39 Å². The number of piperidine rings is 3. The maximum absolute atomic E-state index is 13.8. The number of halogens is 2. The van der Waals surface area contributed by atoms with Gasteiger partial charge in [-0.25, -0.2) is 9.18 Å². The number of carbonyl (C=O) groups excluding carboxylic acids is 1. The molecule has 7 heteroatoms. The first-order valence-corrected chi connectivity index (χ1v) is 8.34. The fourth-order valence-electron chi connectivity index (χ4n) is 3.86. The van der Waals surface area contributed by atoms with Crippen LogP contribution in [0.5, 0.6) is 5.75 Å². The van der Waals surface area contributed by atoms with Crippen molar-refractivity contribution in [2.45, 2.75) is 19.3 Å². The van der Waals surface area contributed by atoms with Crippen molar-refractivity contribution in [2.24, 2.45) is 5.41 Å². The number of nitrogens with zero attached hydrogens (tertiary/aromatic N) is 1. The van der Waals surface area contributed by atoms with Crippen molar-refractivity contribution in [2.75, 3.05) is 33.4 Å². The van der Waals surface area contributed by atoms with Gasteiger partial charge in [0.2, 0.25) is 0 Å².